The summed E-state index contributed by atoms with van der Waals surface area (Å²) in [6.07, 6.45) is 1.53. The molecule has 0 radical (unpaired) electrons. The van der Waals surface area contributed by atoms with Crippen LogP contribution in [0.2, 0.25) is 0 Å². The molecule has 0 saturated carbocycles. The Morgan fingerprint density at radius 1 is 1.14 bits per heavy atom. The molecule has 108 valence electrons. The van der Waals surface area contributed by atoms with Gasteiger partial charge in [0, 0.05) is 16.8 Å². The van der Waals surface area contributed by atoms with E-state index in [4.69, 9.17) is 5.73 Å². The molecule has 0 spiro atoms. The van der Waals surface area contributed by atoms with E-state index in [0.29, 0.717) is 22.4 Å². The van der Waals surface area contributed by atoms with Crippen molar-refractivity contribution < 1.29 is 10.2 Å². The molecule has 0 heterocycles. The van der Waals surface area contributed by atoms with E-state index >= 15 is 0 Å². The molecule has 0 bridgehead atoms. The van der Waals surface area contributed by atoms with Crippen molar-refractivity contribution in [2.75, 3.05) is 0 Å². The van der Waals surface area contributed by atoms with Gasteiger partial charge in [-0.1, -0.05) is 36.9 Å². The molecule has 4 N–H and O–H groups in total. The molecule has 0 unspecified atom stereocenters. The van der Waals surface area contributed by atoms with Crippen molar-refractivity contribution in [3.63, 3.8) is 0 Å². The molecule has 0 fully saturated rings. The predicted octanol–water partition coefficient (Wildman–Crippen LogP) is 4.25. The fourth-order valence-corrected chi connectivity index (χ4v) is 2.46. The van der Waals surface area contributed by atoms with Crippen molar-refractivity contribution in [3.8, 4) is 5.75 Å². The molecule has 0 aliphatic carbocycles. The lowest BCUT2D eigenvalue weighted by molar-refractivity contribution is 0.416. The average molecular weight is 281 g/mol. The topological polar surface area (TPSA) is 66.5 Å². The van der Waals surface area contributed by atoms with E-state index in [-0.39, 0.29) is 11.5 Å². The summed E-state index contributed by atoms with van der Waals surface area (Å²) in [5, 5.41) is 22.2. The molecule has 2 rings (SSSR count). The van der Waals surface area contributed by atoms with Gasteiger partial charge >= 0.3 is 0 Å². The Morgan fingerprint density at radius 2 is 1.81 bits per heavy atom. The molecule has 0 aliphatic heterocycles. The lowest BCUT2D eigenvalue weighted by Gasteiger charge is -2.16. The van der Waals surface area contributed by atoms with Gasteiger partial charge < -0.3 is 15.9 Å². The molecular formula is C18H19NO2. The van der Waals surface area contributed by atoms with Crippen molar-refractivity contribution >= 4 is 16.3 Å². The van der Waals surface area contributed by atoms with Crippen molar-refractivity contribution in [3.05, 3.63) is 71.6 Å². The van der Waals surface area contributed by atoms with E-state index in [2.05, 4.69) is 6.58 Å². The third-order valence-electron chi connectivity index (χ3n) is 3.55. The molecule has 21 heavy (non-hydrogen) atoms. The highest BCUT2D eigenvalue weighted by atomic mass is 16.3. The van der Waals surface area contributed by atoms with Gasteiger partial charge in [0.05, 0.1) is 5.76 Å². The highest BCUT2D eigenvalue weighted by Crippen LogP contribution is 2.38. The first-order chi connectivity index (χ1) is 9.97. The first-order valence-electron chi connectivity index (χ1n) is 6.67. The molecular weight excluding hydrogens is 262 g/mol. The third-order valence-corrected chi connectivity index (χ3v) is 3.55. The lowest BCUT2D eigenvalue weighted by Crippen LogP contribution is -2.02. The number of hydrogen-bond acceptors (Lipinski definition) is 3. The van der Waals surface area contributed by atoms with Crippen LogP contribution < -0.4 is 5.73 Å². The van der Waals surface area contributed by atoms with Crippen LogP contribution in [-0.4, -0.2) is 10.2 Å². The van der Waals surface area contributed by atoms with Crippen LogP contribution in [0.15, 0.2) is 66.1 Å². The highest BCUT2D eigenvalue weighted by molar-refractivity contribution is 6.00. The van der Waals surface area contributed by atoms with Gasteiger partial charge in [-0.15, -0.1) is 0 Å². The quantitative estimate of drug-likeness (QED) is 0.582. The van der Waals surface area contributed by atoms with Gasteiger partial charge in [-0.05, 0) is 42.3 Å². The van der Waals surface area contributed by atoms with Gasteiger partial charge in [0.25, 0.3) is 0 Å². The Balaban J connectivity index is 2.89. The van der Waals surface area contributed by atoms with Crippen LogP contribution in [-0.2, 0) is 0 Å². The van der Waals surface area contributed by atoms with Crippen LogP contribution in [0.4, 0.5) is 0 Å². The highest BCUT2D eigenvalue weighted by Gasteiger charge is 2.17. The van der Waals surface area contributed by atoms with Crippen LogP contribution >= 0.6 is 0 Å². The van der Waals surface area contributed by atoms with E-state index in [1.54, 1.807) is 19.9 Å². The Labute approximate surface area is 124 Å². The number of rotatable bonds is 3. The van der Waals surface area contributed by atoms with E-state index in [1.807, 2.05) is 30.3 Å². The zero-order valence-electron chi connectivity index (χ0n) is 12.2. The molecule has 0 saturated heterocycles. The van der Waals surface area contributed by atoms with Gasteiger partial charge in [0.15, 0.2) is 0 Å². The van der Waals surface area contributed by atoms with Gasteiger partial charge in [-0.2, -0.15) is 0 Å². The van der Waals surface area contributed by atoms with Crippen LogP contribution in [0.5, 0.6) is 5.75 Å². The summed E-state index contributed by atoms with van der Waals surface area (Å²) < 4.78 is 0. The lowest BCUT2D eigenvalue weighted by atomic mass is 9.91. The Morgan fingerprint density at radius 3 is 2.43 bits per heavy atom. The second-order valence-corrected chi connectivity index (χ2v) is 4.93. The number of fused-ring (bicyclic) bond motifs is 1. The van der Waals surface area contributed by atoms with Crippen molar-refractivity contribution in [2.45, 2.75) is 13.8 Å². The third kappa shape index (κ3) is 2.63. The van der Waals surface area contributed by atoms with Gasteiger partial charge in [0.1, 0.15) is 5.75 Å². The van der Waals surface area contributed by atoms with Crippen LogP contribution in [0.1, 0.15) is 19.4 Å². The normalized spacial score (nSPS) is 13.6. The average Bonchev–Trinajstić information content (AvgIpc) is 2.48. The van der Waals surface area contributed by atoms with Crippen LogP contribution in [0.3, 0.4) is 0 Å². The number of allylic oxidation sites excluding steroid dienone is 4. The first kappa shape index (κ1) is 14.7. The van der Waals surface area contributed by atoms with Gasteiger partial charge in [-0.25, -0.2) is 0 Å². The maximum atomic E-state index is 10.3. The smallest absolute Gasteiger partial charge is 0.124 e. The predicted molar refractivity (Wildman–Crippen MR) is 87.9 cm³/mol. The number of aromatic hydroxyl groups is 1. The number of aliphatic hydroxyl groups is 1. The number of nitrogens with two attached hydrogens (primary N) is 1. The minimum Gasteiger partial charge on any atom is -0.512 e. The maximum absolute atomic E-state index is 10.3. The van der Waals surface area contributed by atoms with Gasteiger partial charge in [-0.3, -0.25) is 0 Å². The Bertz CT molecular complexity index is 766. The first-order valence-corrected chi connectivity index (χ1v) is 6.67. The molecule has 0 atom stereocenters. The zero-order chi connectivity index (χ0) is 15.6. The van der Waals surface area contributed by atoms with Gasteiger partial charge in [0.2, 0.25) is 0 Å². The summed E-state index contributed by atoms with van der Waals surface area (Å²) >= 11 is 0. The van der Waals surface area contributed by atoms with Crippen LogP contribution in [0.25, 0.3) is 16.3 Å². The second-order valence-electron chi connectivity index (χ2n) is 4.93. The molecule has 0 aliphatic rings. The van der Waals surface area contributed by atoms with E-state index in [1.165, 1.54) is 6.08 Å². The minimum absolute atomic E-state index is 0.101. The summed E-state index contributed by atoms with van der Waals surface area (Å²) in [6.45, 7) is 7.03. The SMILES string of the molecule is C=C/C(N)=C(C)\C(=C(/C)O)c1c(O)ccc2ccccc12. The number of phenols is 1. The van der Waals surface area contributed by atoms with Crippen molar-refractivity contribution in [2.24, 2.45) is 5.73 Å². The molecule has 0 aromatic heterocycles. The summed E-state index contributed by atoms with van der Waals surface area (Å²) in [6, 6.07) is 11.2. The number of aliphatic hydroxyl groups excluding tert-OH is 1. The summed E-state index contributed by atoms with van der Waals surface area (Å²) in [5.41, 5.74) is 8.17. The largest absolute Gasteiger partial charge is 0.512 e. The Hall–Kier alpha value is -2.68. The number of benzene rings is 2. The monoisotopic (exact) mass is 281 g/mol. The second kappa shape index (κ2) is 5.75. The van der Waals surface area contributed by atoms with E-state index in [0.717, 1.165) is 10.8 Å². The number of hydrogen-bond donors (Lipinski definition) is 3. The molecule has 3 heteroatoms. The summed E-state index contributed by atoms with van der Waals surface area (Å²) in [7, 11) is 0. The number of phenolic OH excluding ortho intramolecular Hbond substituents is 1. The van der Waals surface area contributed by atoms with E-state index < -0.39 is 0 Å². The molecule has 2 aromatic carbocycles. The molecule has 2 aromatic rings. The zero-order valence-corrected chi connectivity index (χ0v) is 12.2. The standard InChI is InChI=1S/C18H19NO2/c1-4-15(19)11(2)17(12(3)20)18-14-8-6-5-7-13(14)9-10-16(18)21/h4-10,20-21H,1,19H2,2-3H3/b15-11+,17-12-. The summed E-state index contributed by atoms with van der Waals surface area (Å²) in [5.74, 6) is 0.206. The fourth-order valence-electron chi connectivity index (χ4n) is 2.46. The van der Waals surface area contributed by atoms with Crippen molar-refractivity contribution in [1.82, 2.24) is 0 Å². The minimum atomic E-state index is 0.101. The Kier molecular flexibility index (Phi) is 4.03. The molecule has 3 nitrogen and oxygen atoms in total. The molecule has 0 amide bonds. The summed E-state index contributed by atoms with van der Waals surface area (Å²) in [4.78, 5) is 0. The van der Waals surface area contributed by atoms with Crippen LogP contribution in [0, 0.1) is 0 Å². The van der Waals surface area contributed by atoms with E-state index in [9.17, 15) is 10.2 Å². The fraction of sp³-hybridized carbons (Fsp3) is 0.111. The van der Waals surface area contributed by atoms with Crippen molar-refractivity contribution in [1.29, 1.82) is 0 Å². The maximum Gasteiger partial charge on any atom is 0.124 e.